The van der Waals surface area contributed by atoms with Crippen molar-refractivity contribution in [2.45, 2.75) is 39.5 Å². The Kier molecular flexibility index (Phi) is 6.74. The predicted molar refractivity (Wildman–Crippen MR) is 71.5 cm³/mol. The Morgan fingerprint density at radius 1 is 1.27 bits per heavy atom. The molecule has 90 valence electrons. The molecule has 1 rings (SSSR count). The molecule has 1 nitrogen and oxygen atoms in total. The zero-order valence-electron chi connectivity index (χ0n) is 10.6. The van der Waals surface area contributed by atoms with Crippen molar-refractivity contribution in [2.24, 2.45) is 17.8 Å². The van der Waals surface area contributed by atoms with Crippen LogP contribution in [0.3, 0.4) is 0 Å². The maximum absolute atomic E-state index is 3.64. The summed E-state index contributed by atoms with van der Waals surface area (Å²) in [7, 11) is 0. The highest BCUT2D eigenvalue weighted by molar-refractivity contribution is 7.98. The molecule has 1 aliphatic carbocycles. The molecule has 0 saturated heterocycles. The zero-order chi connectivity index (χ0) is 11.1. The van der Waals surface area contributed by atoms with Gasteiger partial charge in [-0.15, -0.1) is 0 Å². The highest BCUT2D eigenvalue weighted by Crippen LogP contribution is 2.27. The zero-order valence-corrected chi connectivity index (χ0v) is 11.4. The summed E-state index contributed by atoms with van der Waals surface area (Å²) in [5.74, 6) is 4.05. The standard InChI is InChI=1S/C13H27NS/c1-11-4-6-13(7-5-11)9-14-8-12(2)10-15-3/h11-14H,4-10H2,1-3H3. The number of hydrogen-bond acceptors (Lipinski definition) is 2. The van der Waals surface area contributed by atoms with E-state index < -0.39 is 0 Å². The summed E-state index contributed by atoms with van der Waals surface area (Å²) in [4.78, 5) is 0. The average Bonchev–Trinajstić information content (AvgIpc) is 2.21. The van der Waals surface area contributed by atoms with E-state index in [1.54, 1.807) is 0 Å². The van der Waals surface area contributed by atoms with Gasteiger partial charge in [-0.1, -0.05) is 26.7 Å². The lowest BCUT2D eigenvalue weighted by Crippen LogP contribution is -2.29. The molecule has 2 heteroatoms. The molecular formula is C13H27NS. The molecule has 15 heavy (non-hydrogen) atoms. The fourth-order valence-electron chi connectivity index (χ4n) is 2.41. The SMILES string of the molecule is CSCC(C)CNCC1CCC(C)CC1. The van der Waals surface area contributed by atoms with Crippen LogP contribution in [0.2, 0.25) is 0 Å². The molecule has 0 aromatic carbocycles. The van der Waals surface area contributed by atoms with Crippen molar-refractivity contribution in [2.75, 3.05) is 25.1 Å². The van der Waals surface area contributed by atoms with E-state index in [0.717, 1.165) is 17.8 Å². The Bertz CT molecular complexity index is 153. The summed E-state index contributed by atoms with van der Waals surface area (Å²) < 4.78 is 0. The molecule has 0 aliphatic heterocycles. The molecule has 1 atom stereocenters. The van der Waals surface area contributed by atoms with Crippen LogP contribution in [0.4, 0.5) is 0 Å². The van der Waals surface area contributed by atoms with Crippen LogP contribution in [0.15, 0.2) is 0 Å². The van der Waals surface area contributed by atoms with Gasteiger partial charge in [0.15, 0.2) is 0 Å². The summed E-state index contributed by atoms with van der Waals surface area (Å²) in [5, 5.41) is 3.64. The van der Waals surface area contributed by atoms with Crippen molar-refractivity contribution in [3.8, 4) is 0 Å². The van der Waals surface area contributed by atoms with Gasteiger partial charge in [0, 0.05) is 0 Å². The summed E-state index contributed by atoms with van der Waals surface area (Å²) in [6, 6.07) is 0. The van der Waals surface area contributed by atoms with Gasteiger partial charge in [-0.3, -0.25) is 0 Å². The Hall–Kier alpha value is 0.310. The van der Waals surface area contributed by atoms with Gasteiger partial charge in [0.25, 0.3) is 0 Å². The lowest BCUT2D eigenvalue weighted by molar-refractivity contribution is 0.279. The van der Waals surface area contributed by atoms with Gasteiger partial charge in [-0.25, -0.2) is 0 Å². The Morgan fingerprint density at radius 3 is 2.53 bits per heavy atom. The molecule has 0 amide bonds. The third-order valence-electron chi connectivity index (χ3n) is 3.51. The van der Waals surface area contributed by atoms with Crippen molar-refractivity contribution in [3.63, 3.8) is 0 Å². The lowest BCUT2D eigenvalue weighted by atomic mass is 9.83. The van der Waals surface area contributed by atoms with E-state index in [9.17, 15) is 0 Å². The Labute approximate surface area is 99.8 Å². The molecule has 1 unspecified atom stereocenters. The molecule has 0 aromatic heterocycles. The van der Waals surface area contributed by atoms with E-state index >= 15 is 0 Å². The number of hydrogen-bond donors (Lipinski definition) is 1. The van der Waals surface area contributed by atoms with Crippen LogP contribution < -0.4 is 5.32 Å². The molecule has 0 aromatic rings. The van der Waals surface area contributed by atoms with Gasteiger partial charge in [-0.05, 0) is 55.7 Å². The van der Waals surface area contributed by atoms with Gasteiger partial charge >= 0.3 is 0 Å². The third-order valence-corrected chi connectivity index (χ3v) is 4.41. The highest BCUT2D eigenvalue weighted by atomic mass is 32.2. The minimum Gasteiger partial charge on any atom is -0.316 e. The van der Waals surface area contributed by atoms with E-state index in [-0.39, 0.29) is 0 Å². The normalized spacial score (nSPS) is 29.0. The number of thioether (sulfide) groups is 1. The van der Waals surface area contributed by atoms with Crippen LogP contribution in [0, 0.1) is 17.8 Å². The minimum atomic E-state index is 0.822. The number of rotatable bonds is 6. The summed E-state index contributed by atoms with van der Waals surface area (Å²) in [6.07, 6.45) is 7.99. The first-order valence-corrected chi connectivity index (χ1v) is 7.81. The summed E-state index contributed by atoms with van der Waals surface area (Å²) in [5.41, 5.74) is 0. The van der Waals surface area contributed by atoms with E-state index in [4.69, 9.17) is 0 Å². The lowest BCUT2D eigenvalue weighted by Gasteiger charge is -2.26. The van der Waals surface area contributed by atoms with Gasteiger partial charge < -0.3 is 5.32 Å². The van der Waals surface area contributed by atoms with E-state index in [0.29, 0.717) is 0 Å². The fourth-order valence-corrected chi connectivity index (χ4v) is 3.10. The first-order valence-electron chi connectivity index (χ1n) is 6.42. The van der Waals surface area contributed by atoms with Crippen LogP contribution in [-0.2, 0) is 0 Å². The van der Waals surface area contributed by atoms with Crippen molar-refractivity contribution in [1.82, 2.24) is 5.32 Å². The van der Waals surface area contributed by atoms with Crippen LogP contribution in [0.25, 0.3) is 0 Å². The summed E-state index contributed by atoms with van der Waals surface area (Å²) >= 11 is 1.96. The van der Waals surface area contributed by atoms with Crippen LogP contribution >= 0.6 is 11.8 Å². The van der Waals surface area contributed by atoms with Crippen LogP contribution in [0.1, 0.15) is 39.5 Å². The molecular weight excluding hydrogens is 202 g/mol. The smallest absolute Gasteiger partial charge is 0.00152 e. The monoisotopic (exact) mass is 229 g/mol. The van der Waals surface area contributed by atoms with Gasteiger partial charge in [0.1, 0.15) is 0 Å². The van der Waals surface area contributed by atoms with E-state index in [1.807, 2.05) is 11.8 Å². The van der Waals surface area contributed by atoms with Gasteiger partial charge in [0.05, 0.1) is 0 Å². The third kappa shape index (κ3) is 5.82. The molecule has 1 fully saturated rings. The second-order valence-electron chi connectivity index (χ2n) is 5.34. The average molecular weight is 229 g/mol. The molecule has 1 saturated carbocycles. The van der Waals surface area contributed by atoms with Crippen molar-refractivity contribution in [3.05, 3.63) is 0 Å². The van der Waals surface area contributed by atoms with Crippen molar-refractivity contribution >= 4 is 11.8 Å². The molecule has 0 bridgehead atoms. The Balaban J connectivity index is 2.00. The quantitative estimate of drug-likeness (QED) is 0.749. The minimum absolute atomic E-state index is 0.822. The number of nitrogens with one attached hydrogen (secondary N) is 1. The molecule has 0 spiro atoms. The molecule has 0 heterocycles. The van der Waals surface area contributed by atoms with E-state index in [2.05, 4.69) is 25.4 Å². The fraction of sp³-hybridized carbons (Fsp3) is 1.00. The first-order chi connectivity index (χ1) is 7.22. The second kappa shape index (κ2) is 7.56. The molecule has 1 aliphatic rings. The molecule has 0 radical (unpaired) electrons. The van der Waals surface area contributed by atoms with Crippen LogP contribution in [-0.4, -0.2) is 25.1 Å². The second-order valence-corrected chi connectivity index (χ2v) is 6.26. The predicted octanol–water partition coefficient (Wildman–Crippen LogP) is 3.40. The summed E-state index contributed by atoms with van der Waals surface area (Å²) in [6.45, 7) is 7.19. The largest absolute Gasteiger partial charge is 0.316 e. The maximum Gasteiger partial charge on any atom is -0.00152 e. The maximum atomic E-state index is 3.64. The molecule has 1 N–H and O–H groups in total. The topological polar surface area (TPSA) is 12.0 Å². The van der Waals surface area contributed by atoms with Crippen molar-refractivity contribution < 1.29 is 0 Å². The van der Waals surface area contributed by atoms with Gasteiger partial charge in [-0.2, -0.15) is 11.8 Å². The Morgan fingerprint density at radius 2 is 1.93 bits per heavy atom. The van der Waals surface area contributed by atoms with E-state index in [1.165, 1.54) is 44.5 Å². The van der Waals surface area contributed by atoms with Gasteiger partial charge in [0.2, 0.25) is 0 Å². The first kappa shape index (κ1) is 13.4. The van der Waals surface area contributed by atoms with Crippen LogP contribution in [0.5, 0.6) is 0 Å². The highest BCUT2D eigenvalue weighted by Gasteiger charge is 2.17. The van der Waals surface area contributed by atoms with Crippen molar-refractivity contribution in [1.29, 1.82) is 0 Å².